The molecule has 52 heavy (non-hydrogen) atoms. The summed E-state index contributed by atoms with van der Waals surface area (Å²) in [4.78, 5) is 12.9. The third-order valence-corrected chi connectivity index (χ3v) is 16.9. The fraction of sp³-hybridized carbons (Fsp3) is 0.980. The van der Waals surface area contributed by atoms with Gasteiger partial charge >= 0.3 is 5.97 Å². The van der Waals surface area contributed by atoms with E-state index in [1.807, 2.05) is 0 Å². The van der Waals surface area contributed by atoms with E-state index in [1.54, 1.807) is 0 Å². The van der Waals surface area contributed by atoms with Crippen molar-refractivity contribution in [1.82, 2.24) is 0 Å². The molecule has 4 fully saturated rings. The van der Waals surface area contributed by atoms with E-state index in [1.165, 1.54) is 173 Å². The number of rotatable bonds is 26. The SMILES string of the molecule is CCCCCCCCCCCCCCCCCCCCCC(=O)O[C@H]1CC[C@@]2(C)[C@@H](CC[C@@H]3[C@@H]2CC[C@]2(C)[C@@H]([C@H](C)CC[C@H](C)C(C)C)CC[C@@H]32)C1. The molecule has 4 aliphatic rings. The maximum atomic E-state index is 12.9. The van der Waals surface area contributed by atoms with Crippen LogP contribution in [-0.4, -0.2) is 12.1 Å². The van der Waals surface area contributed by atoms with Crippen LogP contribution in [0, 0.1) is 58.2 Å². The largest absolute Gasteiger partial charge is 0.462 e. The van der Waals surface area contributed by atoms with E-state index in [2.05, 4.69) is 48.5 Å². The second-order valence-electron chi connectivity index (χ2n) is 20.7. The molecule has 0 unspecified atom stereocenters. The van der Waals surface area contributed by atoms with Crippen molar-refractivity contribution in [1.29, 1.82) is 0 Å². The summed E-state index contributed by atoms with van der Waals surface area (Å²) in [6, 6.07) is 0. The van der Waals surface area contributed by atoms with E-state index in [9.17, 15) is 4.79 Å². The molecule has 2 heteroatoms. The van der Waals surface area contributed by atoms with Gasteiger partial charge in [0.15, 0.2) is 0 Å². The molecule has 4 aliphatic carbocycles. The number of hydrogen-bond acceptors (Lipinski definition) is 2. The van der Waals surface area contributed by atoms with Crippen molar-refractivity contribution in [2.24, 2.45) is 58.2 Å². The van der Waals surface area contributed by atoms with Gasteiger partial charge in [0.1, 0.15) is 6.10 Å². The van der Waals surface area contributed by atoms with Gasteiger partial charge in [-0.15, -0.1) is 0 Å². The average Bonchev–Trinajstić information content (AvgIpc) is 3.48. The first-order valence-corrected chi connectivity index (χ1v) is 24.3. The molecule has 0 aromatic carbocycles. The molecule has 0 radical (unpaired) electrons. The van der Waals surface area contributed by atoms with Crippen LogP contribution < -0.4 is 0 Å². The molecule has 304 valence electrons. The van der Waals surface area contributed by atoms with E-state index >= 15 is 0 Å². The summed E-state index contributed by atoms with van der Waals surface area (Å²) in [7, 11) is 0. The minimum Gasteiger partial charge on any atom is -0.462 e. The first-order valence-electron chi connectivity index (χ1n) is 24.3. The van der Waals surface area contributed by atoms with Gasteiger partial charge in [0, 0.05) is 6.42 Å². The highest BCUT2D eigenvalue weighted by Gasteiger charge is 2.60. The molecule has 4 saturated carbocycles. The predicted octanol–water partition coefficient (Wildman–Crippen LogP) is 16.1. The summed E-state index contributed by atoms with van der Waals surface area (Å²) in [5.74, 6) is 7.13. The summed E-state index contributed by atoms with van der Waals surface area (Å²) in [5, 5.41) is 0. The molecule has 0 N–H and O–H groups in total. The van der Waals surface area contributed by atoms with Gasteiger partial charge in [-0.2, -0.15) is 0 Å². The Hall–Kier alpha value is -0.530. The molecule has 0 aromatic rings. The number of carbonyl (C=O) groups is 1. The first kappa shape index (κ1) is 44.2. The van der Waals surface area contributed by atoms with Gasteiger partial charge in [0.2, 0.25) is 0 Å². The lowest BCUT2D eigenvalue weighted by atomic mass is 9.44. The summed E-state index contributed by atoms with van der Waals surface area (Å²) < 4.78 is 6.20. The van der Waals surface area contributed by atoms with Gasteiger partial charge in [-0.25, -0.2) is 0 Å². The van der Waals surface area contributed by atoms with E-state index in [0.717, 1.165) is 66.6 Å². The second-order valence-corrected chi connectivity index (χ2v) is 20.7. The molecule has 0 heterocycles. The third kappa shape index (κ3) is 12.8. The van der Waals surface area contributed by atoms with Gasteiger partial charge in [-0.3, -0.25) is 4.79 Å². The highest BCUT2D eigenvalue weighted by molar-refractivity contribution is 5.69. The topological polar surface area (TPSA) is 26.3 Å². The first-order chi connectivity index (χ1) is 25.1. The monoisotopic (exact) mass is 725 g/mol. The Morgan fingerprint density at radius 2 is 1.12 bits per heavy atom. The standard InChI is InChI=1S/C50H92O2/c1-8-9-10-11-12-13-14-15-16-17-18-19-20-21-22-23-24-25-26-27-48(51)52-43-34-36-49(6)42(38-43)30-31-44-46-33-32-45(50(46,7)37-35-47(44)49)41(5)29-28-40(4)39(2)3/h39-47H,8-38H2,1-7H3/t40-,41+,42-,43-,44-,45+,46-,47-,49-,50+/m0/s1. The van der Waals surface area contributed by atoms with Crippen molar-refractivity contribution in [3.05, 3.63) is 0 Å². The number of fused-ring (bicyclic) bond motifs is 5. The molecule has 0 aromatic heterocycles. The van der Waals surface area contributed by atoms with E-state index < -0.39 is 0 Å². The Kier molecular flexibility index (Phi) is 19.4. The highest BCUT2D eigenvalue weighted by atomic mass is 16.5. The zero-order valence-electron chi connectivity index (χ0n) is 36.4. The normalized spacial score (nSPS) is 32.6. The average molecular weight is 725 g/mol. The molecular weight excluding hydrogens is 633 g/mol. The van der Waals surface area contributed by atoms with E-state index in [0.29, 0.717) is 17.3 Å². The van der Waals surface area contributed by atoms with Crippen LogP contribution in [0.1, 0.15) is 248 Å². The molecule has 2 nitrogen and oxygen atoms in total. The van der Waals surface area contributed by atoms with Crippen molar-refractivity contribution in [3.8, 4) is 0 Å². The molecule has 0 aliphatic heterocycles. The third-order valence-electron chi connectivity index (χ3n) is 16.9. The van der Waals surface area contributed by atoms with Crippen LogP contribution in [0.25, 0.3) is 0 Å². The maximum absolute atomic E-state index is 12.9. The molecule has 0 saturated heterocycles. The Morgan fingerprint density at radius 1 is 0.596 bits per heavy atom. The Morgan fingerprint density at radius 3 is 1.67 bits per heavy atom. The summed E-state index contributed by atoms with van der Waals surface area (Å²) in [5.41, 5.74) is 1.04. The van der Waals surface area contributed by atoms with E-state index in [-0.39, 0.29) is 12.1 Å². The smallest absolute Gasteiger partial charge is 0.306 e. The lowest BCUT2D eigenvalue weighted by Gasteiger charge is -2.61. The summed E-state index contributed by atoms with van der Waals surface area (Å²) >= 11 is 0. The molecule has 4 rings (SSSR count). The predicted molar refractivity (Wildman–Crippen MR) is 226 cm³/mol. The Labute approximate surface area is 326 Å². The minimum absolute atomic E-state index is 0.0941. The van der Waals surface area contributed by atoms with Gasteiger partial charge < -0.3 is 4.74 Å². The molecule has 10 atom stereocenters. The van der Waals surface area contributed by atoms with Crippen LogP contribution in [0.5, 0.6) is 0 Å². The Bertz CT molecular complexity index is 971. The van der Waals surface area contributed by atoms with Crippen molar-refractivity contribution < 1.29 is 9.53 Å². The lowest BCUT2D eigenvalue weighted by Crippen LogP contribution is -2.54. The quantitative estimate of drug-likeness (QED) is 0.0656. The minimum atomic E-state index is 0.0941. The van der Waals surface area contributed by atoms with E-state index in [4.69, 9.17) is 4.74 Å². The number of carbonyl (C=O) groups excluding carboxylic acids is 1. The number of hydrogen-bond donors (Lipinski definition) is 0. The van der Waals surface area contributed by atoms with Crippen LogP contribution in [0.2, 0.25) is 0 Å². The number of unbranched alkanes of at least 4 members (excludes halogenated alkanes) is 18. The van der Waals surface area contributed by atoms with Crippen LogP contribution in [0.3, 0.4) is 0 Å². The van der Waals surface area contributed by atoms with Gasteiger partial charge in [-0.1, -0.05) is 177 Å². The fourth-order valence-electron chi connectivity index (χ4n) is 13.0. The van der Waals surface area contributed by atoms with Crippen LogP contribution in [0.15, 0.2) is 0 Å². The summed E-state index contributed by atoms with van der Waals surface area (Å²) in [6.45, 7) is 17.6. The second kappa shape index (κ2) is 22.9. The summed E-state index contributed by atoms with van der Waals surface area (Å²) in [6.07, 6.45) is 42.3. The van der Waals surface area contributed by atoms with Crippen molar-refractivity contribution >= 4 is 5.97 Å². The van der Waals surface area contributed by atoms with Gasteiger partial charge in [0.25, 0.3) is 0 Å². The van der Waals surface area contributed by atoms with Crippen LogP contribution in [-0.2, 0) is 9.53 Å². The van der Waals surface area contributed by atoms with Crippen LogP contribution in [0.4, 0.5) is 0 Å². The zero-order chi connectivity index (χ0) is 37.4. The fourth-order valence-corrected chi connectivity index (χ4v) is 13.0. The maximum Gasteiger partial charge on any atom is 0.306 e. The molecule has 0 amide bonds. The van der Waals surface area contributed by atoms with Crippen molar-refractivity contribution in [3.63, 3.8) is 0 Å². The molecule has 0 bridgehead atoms. The molecule has 0 spiro atoms. The highest BCUT2D eigenvalue weighted by Crippen LogP contribution is 2.68. The van der Waals surface area contributed by atoms with Crippen LogP contribution >= 0.6 is 0 Å². The number of ether oxygens (including phenoxy) is 1. The van der Waals surface area contributed by atoms with Gasteiger partial charge in [0.05, 0.1) is 0 Å². The van der Waals surface area contributed by atoms with Crippen molar-refractivity contribution in [2.75, 3.05) is 0 Å². The Balaban J connectivity index is 1.03. The lowest BCUT2D eigenvalue weighted by molar-refractivity contribution is -0.162. The van der Waals surface area contributed by atoms with Crippen molar-refractivity contribution in [2.45, 2.75) is 254 Å². The molecular formula is C50H92O2. The zero-order valence-corrected chi connectivity index (χ0v) is 36.4. The number of esters is 1. The van der Waals surface area contributed by atoms with Gasteiger partial charge in [-0.05, 0) is 122 Å².